The lowest BCUT2D eigenvalue weighted by Crippen LogP contribution is -2.40. The number of furan rings is 1. The lowest BCUT2D eigenvalue weighted by atomic mass is 9.92. The van der Waals surface area contributed by atoms with E-state index in [1.165, 1.54) is 32.1 Å². The van der Waals surface area contributed by atoms with Crippen LogP contribution in [0.25, 0.3) is 0 Å². The third kappa shape index (κ3) is 4.47. The van der Waals surface area contributed by atoms with Crippen LogP contribution in [0.1, 0.15) is 55.6 Å². The first-order valence-electron chi connectivity index (χ1n) is 10.7. The molecule has 31 heavy (non-hydrogen) atoms. The quantitative estimate of drug-likeness (QED) is 0.415. The Morgan fingerprint density at radius 3 is 2.58 bits per heavy atom. The summed E-state index contributed by atoms with van der Waals surface area (Å²) in [6.45, 7) is 0. The highest BCUT2D eigenvalue weighted by Crippen LogP contribution is 2.44. The normalized spacial score (nSPS) is 22.0. The van der Waals surface area contributed by atoms with Crippen molar-refractivity contribution in [3.8, 4) is 0 Å². The minimum absolute atomic E-state index is 0.00920. The fourth-order valence-corrected chi connectivity index (χ4v) is 5.88. The van der Waals surface area contributed by atoms with Crippen molar-refractivity contribution >= 4 is 40.7 Å². The van der Waals surface area contributed by atoms with E-state index >= 15 is 0 Å². The van der Waals surface area contributed by atoms with Gasteiger partial charge in [0.15, 0.2) is 10.2 Å². The molecule has 1 aliphatic heterocycles. The van der Waals surface area contributed by atoms with Gasteiger partial charge >= 0.3 is 0 Å². The van der Waals surface area contributed by atoms with Gasteiger partial charge in [-0.15, -0.1) is 0 Å². The third-order valence-corrected chi connectivity index (χ3v) is 7.54. The molecular weight excluding hydrogens is 446 g/mol. The predicted octanol–water partition coefficient (Wildman–Crippen LogP) is 6.78. The van der Waals surface area contributed by atoms with E-state index in [-0.39, 0.29) is 12.1 Å². The van der Waals surface area contributed by atoms with Gasteiger partial charge in [-0.25, -0.2) is 0 Å². The van der Waals surface area contributed by atoms with E-state index in [0.29, 0.717) is 6.04 Å². The number of aromatic nitrogens is 1. The molecule has 160 valence electrons. The number of thiocarbonyl (C=S) groups is 1. The molecule has 2 aromatic heterocycles. The van der Waals surface area contributed by atoms with E-state index in [0.717, 1.165) is 31.6 Å². The first-order valence-corrected chi connectivity index (χ1v) is 12.3. The van der Waals surface area contributed by atoms with Gasteiger partial charge in [0, 0.05) is 22.2 Å². The molecule has 0 bridgehead atoms. The number of hydrogen-bond acceptors (Lipinski definition) is 4. The van der Waals surface area contributed by atoms with Crippen molar-refractivity contribution < 1.29 is 4.42 Å². The second kappa shape index (κ2) is 9.23. The van der Waals surface area contributed by atoms with E-state index in [9.17, 15) is 0 Å². The molecule has 4 nitrogen and oxygen atoms in total. The second-order valence-corrected chi connectivity index (χ2v) is 9.94. The second-order valence-electron chi connectivity index (χ2n) is 8.04. The van der Waals surface area contributed by atoms with Gasteiger partial charge in [0.25, 0.3) is 0 Å². The standard InChI is InChI=1S/C24H24ClN3OS2/c25-16-9-11-18(12-10-16)31-21-14-13-20(29-21)23-22(19-8-4-5-15-26-19)27-24(30)28(23)17-6-2-1-3-7-17/h4-5,8-15,17,22-23H,1-3,6-7H2,(H,27,30)/t22-,23+/m0/s1. The van der Waals surface area contributed by atoms with E-state index in [2.05, 4.69) is 27.3 Å². The van der Waals surface area contributed by atoms with Crippen molar-refractivity contribution in [2.75, 3.05) is 0 Å². The fourth-order valence-electron chi connectivity index (χ4n) is 4.59. The molecule has 1 aromatic carbocycles. The molecule has 1 saturated heterocycles. The third-order valence-electron chi connectivity index (χ3n) is 6.03. The minimum atomic E-state index is -0.0323. The topological polar surface area (TPSA) is 41.3 Å². The smallest absolute Gasteiger partial charge is 0.170 e. The zero-order valence-corrected chi connectivity index (χ0v) is 19.4. The molecule has 2 aliphatic rings. The molecule has 3 aromatic rings. The van der Waals surface area contributed by atoms with Gasteiger partial charge in [-0.1, -0.05) is 48.7 Å². The zero-order valence-electron chi connectivity index (χ0n) is 17.0. The predicted molar refractivity (Wildman–Crippen MR) is 128 cm³/mol. The van der Waals surface area contributed by atoms with E-state index in [4.69, 9.17) is 28.2 Å². The Balaban J connectivity index is 1.46. The lowest BCUT2D eigenvalue weighted by molar-refractivity contribution is 0.174. The molecule has 2 fully saturated rings. The number of nitrogens with one attached hydrogen (secondary N) is 1. The van der Waals surface area contributed by atoms with Crippen LogP contribution in [0.15, 0.2) is 75.2 Å². The van der Waals surface area contributed by atoms with Crippen molar-refractivity contribution in [2.24, 2.45) is 0 Å². The van der Waals surface area contributed by atoms with E-state index < -0.39 is 0 Å². The van der Waals surface area contributed by atoms with Gasteiger partial charge in [0.1, 0.15) is 11.8 Å². The summed E-state index contributed by atoms with van der Waals surface area (Å²) in [5.74, 6) is 0.921. The SMILES string of the molecule is S=C1N[C@@H](c2ccccn2)[C@@H](c2ccc(Sc3ccc(Cl)cc3)o2)N1C1CCCCC1. The van der Waals surface area contributed by atoms with Crippen molar-refractivity contribution in [1.82, 2.24) is 15.2 Å². The Morgan fingerprint density at radius 2 is 1.84 bits per heavy atom. The van der Waals surface area contributed by atoms with E-state index in [1.54, 1.807) is 11.8 Å². The van der Waals surface area contributed by atoms with Gasteiger partial charge in [-0.2, -0.15) is 0 Å². The first-order chi connectivity index (χ1) is 15.2. The number of benzene rings is 1. The average molecular weight is 470 g/mol. The zero-order chi connectivity index (χ0) is 21.2. The molecule has 2 atom stereocenters. The van der Waals surface area contributed by atoms with Crippen LogP contribution in [0.4, 0.5) is 0 Å². The van der Waals surface area contributed by atoms with Crippen molar-refractivity contribution in [3.05, 3.63) is 77.3 Å². The van der Waals surface area contributed by atoms with Gasteiger partial charge in [-0.3, -0.25) is 4.98 Å². The molecule has 0 spiro atoms. The number of rotatable bonds is 5. The van der Waals surface area contributed by atoms with Gasteiger partial charge in [0.2, 0.25) is 0 Å². The van der Waals surface area contributed by atoms with Crippen LogP contribution in [0.5, 0.6) is 0 Å². The van der Waals surface area contributed by atoms with Crippen LogP contribution in [-0.2, 0) is 0 Å². The number of nitrogens with zero attached hydrogens (tertiary/aromatic N) is 2. The maximum Gasteiger partial charge on any atom is 0.170 e. The maximum atomic E-state index is 6.38. The average Bonchev–Trinajstić information content (AvgIpc) is 3.40. The largest absolute Gasteiger partial charge is 0.452 e. The molecule has 1 aliphatic carbocycles. The molecule has 3 heterocycles. The molecular formula is C24H24ClN3OS2. The van der Waals surface area contributed by atoms with Crippen LogP contribution in [-0.4, -0.2) is 21.0 Å². The van der Waals surface area contributed by atoms with Crippen LogP contribution in [0.2, 0.25) is 5.02 Å². The summed E-state index contributed by atoms with van der Waals surface area (Å²) in [4.78, 5) is 8.10. The molecule has 1 saturated carbocycles. The van der Waals surface area contributed by atoms with Gasteiger partial charge in [0.05, 0.1) is 11.7 Å². The van der Waals surface area contributed by atoms with Crippen LogP contribution in [0.3, 0.4) is 0 Å². The lowest BCUT2D eigenvalue weighted by Gasteiger charge is -2.36. The summed E-state index contributed by atoms with van der Waals surface area (Å²) in [6.07, 6.45) is 7.98. The summed E-state index contributed by atoms with van der Waals surface area (Å²) < 4.78 is 6.38. The summed E-state index contributed by atoms with van der Waals surface area (Å²) in [7, 11) is 0. The number of hydrogen-bond donors (Lipinski definition) is 1. The van der Waals surface area contributed by atoms with Crippen molar-refractivity contribution in [3.63, 3.8) is 0 Å². The number of pyridine rings is 1. The molecule has 1 N–H and O–H groups in total. The van der Waals surface area contributed by atoms with Crippen LogP contribution >= 0.6 is 35.6 Å². The van der Waals surface area contributed by atoms with Gasteiger partial charge in [-0.05, 0) is 73.6 Å². The van der Waals surface area contributed by atoms with E-state index in [1.807, 2.05) is 48.7 Å². The highest BCUT2D eigenvalue weighted by Gasteiger charge is 2.44. The van der Waals surface area contributed by atoms with Gasteiger partial charge < -0.3 is 14.6 Å². The summed E-state index contributed by atoms with van der Waals surface area (Å²) in [5.41, 5.74) is 0.983. The summed E-state index contributed by atoms with van der Waals surface area (Å²) in [6, 6.07) is 18.4. The molecule has 7 heteroatoms. The van der Waals surface area contributed by atoms with Crippen molar-refractivity contribution in [1.29, 1.82) is 0 Å². The van der Waals surface area contributed by atoms with Crippen LogP contribution < -0.4 is 5.32 Å². The Morgan fingerprint density at radius 1 is 1.03 bits per heavy atom. The highest BCUT2D eigenvalue weighted by molar-refractivity contribution is 7.99. The first kappa shape index (κ1) is 20.9. The molecule has 0 unspecified atom stereocenters. The Kier molecular flexibility index (Phi) is 6.21. The monoisotopic (exact) mass is 469 g/mol. The Hall–Kier alpha value is -2.02. The Labute approximate surface area is 197 Å². The summed E-state index contributed by atoms with van der Waals surface area (Å²) in [5, 5.41) is 5.94. The molecule has 0 amide bonds. The number of halogens is 1. The van der Waals surface area contributed by atoms with Crippen LogP contribution in [0, 0.1) is 0 Å². The maximum absolute atomic E-state index is 6.38. The summed E-state index contributed by atoms with van der Waals surface area (Å²) >= 11 is 13.4. The molecule has 5 rings (SSSR count). The Bertz CT molecular complexity index is 1030. The molecule has 0 radical (unpaired) electrons. The van der Waals surface area contributed by atoms with Crippen molar-refractivity contribution in [2.45, 2.75) is 60.2 Å². The highest BCUT2D eigenvalue weighted by atomic mass is 35.5. The fraction of sp³-hybridized carbons (Fsp3) is 0.333. The minimum Gasteiger partial charge on any atom is -0.452 e.